The lowest BCUT2D eigenvalue weighted by Crippen LogP contribution is -2.30. The number of anilines is 1. The summed E-state index contributed by atoms with van der Waals surface area (Å²) >= 11 is 0. The Hall–Kier alpha value is -2.37. The van der Waals surface area contributed by atoms with E-state index >= 15 is 0 Å². The molecule has 0 unspecified atom stereocenters. The molecular weight excluding hydrogens is 290 g/mol. The van der Waals surface area contributed by atoms with Gasteiger partial charge in [0.05, 0.1) is 17.3 Å². The summed E-state index contributed by atoms with van der Waals surface area (Å²) in [6.45, 7) is 5.75. The maximum absolute atomic E-state index is 12.7. The fourth-order valence-corrected chi connectivity index (χ4v) is 3.03. The molecule has 1 aromatic heterocycles. The van der Waals surface area contributed by atoms with E-state index in [9.17, 15) is 4.79 Å². The zero-order valence-electron chi connectivity index (χ0n) is 13.7. The first-order chi connectivity index (χ1) is 11.2. The molecule has 2 N–H and O–H groups in total. The first-order valence-electron chi connectivity index (χ1n) is 8.25. The predicted octanol–water partition coefficient (Wildman–Crippen LogP) is 2.54. The summed E-state index contributed by atoms with van der Waals surface area (Å²) in [5.74, 6) is 0.716. The summed E-state index contributed by atoms with van der Waals surface area (Å²) in [5, 5.41) is 10.6. The van der Waals surface area contributed by atoms with Crippen LogP contribution in [-0.4, -0.2) is 27.2 Å². The van der Waals surface area contributed by atoms with Crippen LogP contribution in [0.5, 0.6) is 0 Å². The van der Waals surface area contributed by atoms with Gasteiger partial charge in [0.25, 0.3) is 5.91 Å². The van der Waals surface area contributed by atoms with Crippen molar-refractivity contribution in [3.63, 3.8) is 0 Å². The summed E-state index contributed by atoms with van der Waals surface area (Å²) < 4.78 is 1.85. The summed E-state index contributed by atoms with van der Waals surface area (Å²) in [6.07, 6.45) is 4.64. The molecule has 122 valence electrons. The second-order valence-corrected chi connectivity index (χ2v) is 5.91. The number of nitrogens with zero attached hydrogens (tertiary/aromatic N) is 3. The first-order valence-corrected chi connectivity index (χ1v) is 8.25. The average molecular weight is 313 g/mol. The summed E-state index contributed by atoms with van der Waals surface area (Å²) in [7, 11) is 0. The number of benzene rings is 1. The molecule has 23 heavy (non-hydrogen) atoms. The maximum atomic E-state index is 12.7. The van der Waals surface area contributed by atoms with E-state index in [1.807, 2.05) is 23.7 Å². The topological polar surface area (TPSA) is 71.8 Å². The van der Waals surface area contributed by atoms with Crippen LogP contribution in [0.2, 0.25) is 0 Å². The lowest BCUT2D eigenvalue weighted by molar-refractivity contribution is 0.0938. The van der Waals surface area contributed by atoms with Gasteiger partial charge in [0.1, 0.15) is 12.2 Å². The Bertz CT molecular complexity index is 694. The van der Waals surface area contributed by atoms with E-state index in [1.165, 1.54) is 5.56 Å². The molecule has 6 heteroatoms. The minimum Gasteiger partial charge on any atom is -0.384 e. The highest BCUT2D eigenvalue weighted by atomic mass is 16.1. The maximum Gasteiger partial charge on any atom is 0.253 e. The van der Waals surface area contributed by atoms with Gasteiger partial charge in [0, 0.05) is 13.1 Å². The lowest BCUT2D eigenvalue weighted by Gasteiger charge is -2.22. The number of hydrogen-bond donors (Lipinski definition) is 2. The Morgan fingerprint density at radius 2 is 2.35 bits per heavy atom. The standard InChI is InChI=1S/C17H23N5O/c1-3-10-22-16(19-11-20-22)12(2)21-17(23)14-8-4-6-13-7-5-9-18-15(13)14/h4,6,8,11-12,18H,3,5,7,9-10H2,1-2H3,(H,21,23)/t12-/m0/s1. The molecule has 1 aliphatic heterocycles. The largest absolute Gasteiger partial charge is 0.384 e. The molecule has 0 radical (unpaired) electrons. The zero-order chi connectivity index (χ0) is 16.2. The number of carbonyl (C=O) groups is 1. The molecule has 0 spiro atoms. The molecule has 2 heterocycles. The second-order valence-electron chi connectivity index (χ2n) is 5.91. The van der Waals surface area contributed by atoms with Gasteiger partial charge in [0.2, 0.25) is 0 Å². The molecule has 0 saturated heterocycles. The fourth-order valence-electron chi connectivity index (χ4n) is 3.03. The third-order valence-electron chi connectivity index (χ3n) is 4.14. The average Bonchev–Trinajstić information content (AvgIpc) is 3.03. The van der Waals surface area contributed by atoms with Gasteiger partial charge in [0.15, 0.2) is 0 Å². The van der Waals surface area contributed by atoms with Crippen molar-refractivity contribution in [3.8, 4) is 0 Å². The van der Waals surface area contributed by atoms with E-state index < -0.39 is 0 Å². The molecule has 6 nitrogen and oxygen atoms in total. The summed E-state index contributed by atoms with van der Waals surface area (Å²) in [4.78, 5) is 17.0. The minimum atomic E-state index is -0.184. The number of carbonyl (C=O) groups excluding carboxylic acids is 1. The Morgan fingerprint density at radius 3 is 3.17 bits per heavy atom. The van der Waals surface area contributed by atoms with Crippen molar-refractivity contribution in [2.75, 3.05) is 11.9 Å². The van der Waals surface area contributed by atoms with Crippen LogP contribution < -0.4 is 10.6 Å². The highest BCUT2D eigenvalue weighted by molar-refractivity contribution is 6.00. The van der Waals surface area contributed by atoms with Gasteiger partial charge in [-0.3, -0.25) is 4.79 Å². The van der Waals surface area contributed by atoms with E-state index in [0.29, 0.717) is 5.56 Å². The quantitative estimate of drug-likeness (QED) is 0.890. The highest BCUT2D eigenvalue weighted by Gasteiger charge is 2.20. The molecule has 0 fully saturated rings. The summed E-state index contributed by atoms with van der Waals surface area (Å²) in [5.41, 5.74) is 2.89. The van der Waals surface area contributed by atoms with Crippen LogP contribution in [-0.2, 0) is 13.0 Å². The van der Waals surface area contributed by atoms with Crippen molar-refractivity contribution in [2.24, 2.45) is 0 Å². The monoisotopic (exact) mass is 313 g/mol. The molecule has 2 aromatic rings. The van der Waals surface area contributed by atoms with Crippen LogP contribution in [0.1, 0.15) is 54.5 Å². The minimum absolute atomic E-state index is 0.0743. The molecule has 0 bridgehead atoms. The summed E-state index contributed by atoms with van der Waals surface area (Å²) in [6, 6.07) is 5.72. The molecule has 3 rings (SSSR count). The third kappa shape index (κ3) is 3.21. The molecule has 1 amide bonds. The molecule has 1 aromatic carbocycles. The number of hydrogen-bond acceptors (Lipinski definition) is 4. The van der Waals surface area contributed by atoms with Crippen molar-refractivity contribution in [1.29, 1.82) is 0 Å². The first kappa shape index (κ1) is 15.5. The number of para-hydroxylation sites is 1. The van der Waals surface area contributed by atoms with Crippen LogP contribution >= 0.6 is 0 Å². The van der Waals surface area contributed by atoms with Gasteiger partial charge >= 0.3 is 0 Å². The van der Waals surface area contributed by atoms with Gasteiger partial charge in [-0.15, -0.1) is 0 Å². The van der Waals surface area contributed by atoms with Crippen molar-refractivity contribution in [1.82, 2.24) is 20.1 Å². The number of amides is 1. The van der Waals surface area contributed by atoms with Crippen molar-refractivity contribution >= 4 is 11.6 Å². The van der Waals surface area contributed by atoms with E-state index in [0.717, 1.165) is 43.9 Å². The van der Waals surface area contributed by atoms with Crippen LogP contribution in [0, 0.1) is 0 Å². The lowest BCUT2D eigenvalue weighted by atomic mass is 9.99. The highest BCUT2D eigenvalue weighted by Crippen LogP contribution is 2.26. The van der Waals surface area contributed by atoms with Crippen LogP contribution in [0.3, 0.4) is 0 Å². The molecule has 1 aliphatic rings. The van der Waals surface area contributed by atoms with E-state index in [-0.39, 0.29) is 11.9 Å². The number of rotatable bonds is 5. The van der Waals surface area contributed by atoms with E-state index in [1.54, 1.807) is 6.33 Å². The van der Waals surface area contributed by atoms with E-state index in [2.05, 4.69) is 33.7 Å². The van der Waals surface area contributed by atoms with Crippen molar-refractivity contribution in [3.05, 3.63) is 41.5 Å². The van der Waals surface area contributed by atoms with Gasteiger partial charge in [-0.2, -0.15) is 5.10 Å². The van der Waals surface area contributed by atoms with Gasteiger partial charge in [-0.25, -0.2) is 9.67 Å². The number of nitrogens with one attached hydrogen (secondary N) is 2. The number of fused-ring (bicyclic) bond motifs is 1. The third-order valence-corrected chi connectivity index (χ3v) is 4.14. The molecule has 0 saturated carbocycles. The predicted molar refractivity (Wildman–Crippen MR) is 89.4 cm³/mol. The van der Waals surface area contributed by atoms with Crippen LogP contribution in [0.15, 0.2) is 24.5 Å². The normalized spacial score (nSPS) is 14.7. The van der Waals surface area contributed by atoms with Gasteiger partial charge < -0.3 is 10.6 Å². The Labute approximate surface area is 136 Å². The van der Waals surface area contributed by atoms with Crippen molar-refractivity contribution < 1.29 is 4.79 Å². The SMILES string of the molecule is CCCn1ncnc1[C@H](C)NC(=O)c1cccc2c1NCCC2. The molecule has 0 aliphatic carbocycles. The van der Waals surface area contributed by atoms with Crippen molar-refractivity contribution in [2.45, 2.75) is 45.7 Å². The van der Waals surface area contributed by atoms with Gasteiger partial charge in [-0.05, 0) is 37.8 Å². The second kappa shape index (κ2) is 6.81. The van der Waals surface area contributed by atoms with E-state index in [4.69, 9.17) is 0 Å². The number of aryl methyl sites for hydroxylation is 2. The fraction of sp³-hybridized carbons (Fsp3) is 0.471. The Kier molecular flexibility index (Phi) is 4.60. The Balaban J connectivity index is 1.78. The Morgan fingerprint density at radius 1 is 1.48 bits per heavy atom. The molecule has 1 atom stereocenters. The van der Waals surface area contributed by atoms with Crippen LogP contribution in [0.25, 0.3) is 0 Å². The van der Waals surface area contributed by atoms with Crippen LogP contribution in [0.4, 0.5) is 5.69 Å². The molecular formula is C17H23N5O. The smallest absolute Gasteiger partial charge is 0.253 e. The number of aromatic nitrogens is 3. The van der Waals surface area contributed by atoms with Gasteiger partial charge in [-0.1, -0.05) is 19.1 Å². The zero-order valence-corrected chi connectivity index (χ0v) is 13.7.